The standard InChI is InChI=1S/C31H19Cl2N3O4/c32-21-12-7-13-22(28(21)33)34-16-31-19-10-3-1-8-17(19)25(18-9-2-4-11-20(18)31)26-27(31)30(38)35(29(26)37)23-14-5-6-15-24(23)36(39)40/h1-16,25-27H/t25?,26-,27+,31?/m1/s1. The summed E-state index contributed by atoms with van der Waals surface area (Å²) in [6, 6.07) is 26.5. The Labute approximate surface area is 238 Å². The number of nitro groups is 1. The molecule has 1 heterocycles. The lowest BCUT2D eigenvalue weighted by Gasteiger charge is -2.52. The van der Waals surface area contributed by atoms with Crippen LogP contribution in [0.2, 0.25) is 10.0 Å². The minimum Gasteiger partial charge on any atom is -0.274 e. The van der Waals surface area contributed by atoms with Gasteiger partial charge in [0.05, 0.1) is 37.9 Å². The summed E-state index contributed by atoms with van der Waals surface area (Å²) in [6.45, 7) is 0. The Morgan fingerprint density at radius 2 is 1.45 bits per heavy atom. The number of para-hydroxylation sites is 2. The number of halogens is 2. The first kappa shape index (κ1) is 24.7. The van der Waals surface area contributed by atoms with E-state index in [0.29, 0.717) is 10.7 Å². The third kappa shape index (κ3) is 3.16. The van der Waals surface area contributed by atoms with Gasteiger partial charge in [-0.3, -0.25) is 24.7 Å². The molecular formula is C31H19Cl2N3O4. The number of imide groups is 1. The molecule has 1 saturated heterocycles. The van der Waals surface area contributed by atoms with Crippen LogP contribution in [0.5, 0.6) is 0 Å². The number of hydrogen-bond acceptors (Lipinski definition) is 5. The summed E-state index contributed by atoms with van der Waals surface area (Å²) in [5, 5.41) is 12.5. The van der Waals surface area contributed by atoms with Crippen LogP contribution in [0.4, 0.5) is 17.1 Å². The van der Waals surface area contributed by atoms with Gasteiger partial charge in [-0.15, -0.1) is 0 Å². The molecule has 2 amide bonds. The van der Waals surface area contributed by atoms with E-state index in [1.165, 1.54) is 18.2 Å². The van der Waals surface area contributed by atoms with Crippen molar-refractivity contribution in [1.82, 2.24) is 0 Å². The zero-order valence-electron chi connectivity index (χ0n) is 20.7. The number of benzene rings is 4. The number of anilines is 1. The first-order chi connectivity index (χ1) is 19.4. The molecule has 2 bridgehead atoms. The number of nitro benzene ring substituents is 1. The molecule has 9 heteroatoms. The van der Waals surface area contributed by atoms with Gasteiger partial charge in [0.1, 0.15) is 5.69 Å². The maximum absolute atomic E-state index is 14.4. The third-order valence-electron chi connectivity index (χ3n) is 8.34. The summed E-state index contributed by atoms with van der Waals surface area (Å²) in [4.78, 5) is 45.8. The second kappa shape index (κ2) is 8.84. The quantitative estimate of drug-likeness (QED) is 0.116. The van der Waals surface area contributed by atoms with E-state index in [-0.39, 0.29) is 16.4 Å². The van der Waals surface area contributed by atoms with E-state index in [1.807, 2.05) is 48.5 Å². The van der Waals surface area contributed by atoms with Crippen molar-refractivity contribution in [2.75, 3.05) is 4.90 Å². The molecular weight excluding hydrogens is 549 g/mol. The van der Waals surface area contributed by atoms with Crippen LogP contribution in [0.1, 0.15) is 28.2 Å². The fourth-order valence-corrected chi connectivity index (χ4v) is 7.20. The normalized spacial score (nSPS) is 24.2. The number of carbonyl (C=O) groups is 2. The molecule has 196 valence electrons. The van der Waals surface area contributed by atoms with Gasteiger partial charge in [0.25, 0.3) is 5.69 Å². The van der Waals surface area contributed by atoms with Gasteiger partial charge in [-0.1, -0.05) is 89.9 Å². The van der Waals surface area contributed by atoms with Crippen LogP contribution in [0.3, 0.4) is 0 Å². The van der Waals surface area contributed by atoms with E-state index in [0.717, 1.165) is 27.2 Å². The Morgan fingerprint density at radius 1 is 0.825 bits per heavy atom. The smallest absolute Gasteiger partial charge is 0.274 e. The second-order valence-electron chi connectivity index (χ2n) is 10.1. The van der Waals surface area contributed by atoms with Gasteiger partial charge >= 0.3 is 0 Å². The Balaban J connectivity index is 1.52. The van der Waals surface area contributed by atoms with Crippen molar-refractivity contribution in [1.29, 1.82) is 0 Å². The van der Waals surface area contributed by atoms with Gasteiger partial charge in [0.15, 0.2) is 0 Å². The van der Waals surface area contributed by atoms with Crippen LogP contribution in [-0.4, -0.2) is 23.0 Å². The molecule has 8 rings (SSSR count). The van der Waals surface area contributed by atoms with Crippen LogP contribution in [-0.2, 0) is 15.0 Å². The molecule has 4 aromatic rings. The van der Waals surface area contributed by atoms with E-state index in [2.05, 4.69) is 0 Å². The first-order valence-corrected chi connectivity index (χ1v) is 13.4. The maximum Gasteiger partial charge on any atom is 0.293 e. The largest absolute Gasteiger partial charge is 0.293 e. The highest BCUT2D eigenvalue weighted by molar-refractivity contribution is 6.43. The molecule has 40 heavy (non-hydrogen) atoms. The zero-order valence-corrected chi connectivity index (χ0v) is 22.2. The van der Waals surface area contributed by atoms with Crippen molar-refractivity contribution in [2.24, 2.45) is 16.8 Å². The molecule has 4 aliphatic rings. The zero-order chi connectivity index (χ0) is 27.8. The average molecular weight is 568 g/mol. The van der Waals surface area contributed by atoms with Crippen molar-refractivity contribution in [3.8, 4) is 0 Å². The molecule has 7 nitrogen and oxygen atoms in total. The van der Waals surface area contributed by atoms with Gasteiger partial charge in [-0.2, -0.15) is 0 Å². The van der Waals surface area contributed by atoms with Gasteiger partial charge in [-0.25, -0.2) is 4.90 Å². The number of amides is 2. The van der Waals surface area contributed by atoms with Crippen LogP contribution in [0.15, 0.2) is 96.0 Å². The highest BCUT2D eigenvalue weighted by atomic mass is 35.5. The van der Waals surface area contributed by atoms with E-state index < -0.39 is 39.9 Å². The predicted octanol–water partition coefficient (Wildman–Crippen LogP) is 6.85. The van der Waals surface area contributed by atoms with Crippen molar-refractivity contribution in [3.05, 3.63) is 133 Å². The van der Waals surface area contributed by atoms with E-state index in [1.54, 1.807) is 30.5 Å². The first-order valence-electron chi connectivity index (χ1n) is 12.7. The van der Waals surface area contributed by atoms with Gasteiger partial charge in [0.2, 0.25) is 11.8 Å². The molecule has 0 spiro atoms. The van der Waals surface area contributed by atoms with Crippen molar-refractivity contribution < 1.29 is 14.5 Å². The molecule has 0 radical (unpaired) electrons. The fraction of sp³-hybridized carbons (Fsp3) is 0.129. The summed E-state index contributed by atoms with van der Waals surface area (Å²) >= 11 is 12.8. The Morgan fingerprint density at radius 3 is 2.12 bits per heavy atom. The van der Waals surface area contributed by atoms with Crippen LogP contribution in [0.25, 0.3) is 0 Å². The second-order valence-corrected chi connectivity index (χ2v) is 10.9. The highest BCUT2D eigenvalue weighted by Gasteiger charge is 2.68. The third-order valence-corrected chi connectivity index (χ3v) is 9.15. The number of carbonyl (C=O) groups excluding carboxylic acids is 2. The van der Waals surface area contributed by atoms with E-state index in [9.17, 15) is 19.7 Å². The van der Waals surface area contributed by atoms with Gasteiger partial charge < -0.3 is 0 Å². The molecule has 3 aliphatic carbocycles. The topological polar surface area (TPSA) is 92.9 Å². The molecule has 0 unspecified atom stereocenters. The summed E-state index contributed by atoms with van der Waals surface area (Å²) < 4.78 is 0. The van der Waals surface area contributed by atoms with E-state index in [4.69, 9.17) is 28.2 Å². The Hall–Kier alpha value is -4.33. The molecule has 0 N–H and O–H groups in total. The number of hydrogen-bond donors (Lipinski definition) is 0. The van der Waals surface area contributed by atoms with Gasteiger partial charge in [-0.05, 0) is 40.5 Å². The Kier molecular flexibility index (Phi) is 5.46. The average Bonchev–Trinajstić information content (AvgIpc) is 3.24. The van der Waals surface area contributed by atoms with Crippen LogP contribution in [0, 0.1) is 22.0 Å². The van der Waals surface area contributed by atoms with Crippen molar-refractivity contribution >= 4 is 58.3 Å². The number of rotatable bonds is 4. The number of nitrogens with zero attached hydrogens (tertiary/aromatic N) is 3. The minimum atomic E-state index is -1.14. The Bertz CT molecular complexity index is 1760. The highest BCUT2D eigenvalue weighted by Crippen LogP contribution is 2.64. The molecule has 4 aromatic carbocycles. The lowest BCUT2D eigenvalue weighted by molar-refractivity contribution is -0.384. The van der Waals surface area contributed by atoms with Crippen LogP contribution >= 0.6 is 23.2 Å². The van der Waals surface area contributed by atoms with Crippen molar-refractivity contribution in [2.45, 2.75) is 11.3 Å². The van der Waals surface area contributed by atoms with Crippen molar-refractivity contribution in [3.63, 3.8) is 0 Å². The molecule has 0 aromatic heterocycles. The fourth-order valence-electron chi connectivity index (χ4n) is 6.86. The molecule has 2 atom stereocenters. The SMILES string of the molecule is O=C1[C@@H]2C3c4ccccc4C(C=Nc4cccc(Cl)c4Cl)(c4ccccc43)[C@@H]2C(=O)N1c1ccccc1[N+](=O)[O-]. The maximum atomic E-state index is 14.4. The summed E-state index contributed by atoms with van der Waals surface area (Å²) in [7, 11) is 0. The molecule has 1 fully saturated rings. The van der Waals surface area contributed by atoms with Crippen LogP contribution < -0.4 is 4.90 Å². The summed E-state index contributed by atoms with van der Waals surface area (Å²) in [5.74, 6) is -3.01. The lowest BCUT2D eigenvalue weighted by Crippen LogP contribution is -2.54. The monoisotopic (exact) mass is 567 g/mol. The minimum absolute atomic E-state index is 0.0330. The predicted molar refractivity (Wildman–Crippen MR) is 153 cm³/mol. The summed E-state index contributed by atoms with van der Waals surface area (Å²) in [6.07, 6.45) is 1.71. The molecule has 1 aliphatic heterocycles. The molecule has 0 saturated carbocycles. The van der Waals surface area contributed by atoms with Gasteiger partial charge in [0, 0.05) is 18.2 Å². The summed E-state index contributed by atoms with van der Waals surface area (Å²) in [5.41, 5.74) is 2.54. The lowest BCUT2D eigenvalue weighted by atomic mass is 9.47. The number of aliphatic imine (C=N–C) groups is 1. The van der Waals surface area contributed by atoms with E-state index >= 15 is 0 Å².